The highest BCUT2D eigenvalue weighted by molar-refractivity contribution is 9.10. The monoisotopic (exact) mass is 328 g/mol. The summed E-state index contributed by atoms with van der Waals surface area (Å²) in [5.41, 5.74) is 2.27. The Labute approximate surface area is 120 Å². The van der Waals surface area contributed by atoms with Crippen LogP contribution in [-0.2, 0) is 6.42 Å². The van der Waals surface area contributed by atoms with Gasteiger partial charge in [-0.05, 0) is 45.6 Å². The topological polar surface area (TPSA) is 0 Å². The maximum Gasteiger partial charge on any atom is 0.0626 e. The number of rotatable bonds is 3. The maximum atomic E-state index is 6.39. The van der Waals surface area contributed by atoms with Crippen LogP contribution >= 0.6 is 39.1 Å². The van der Waals surface area contributed by atoms with Gasteiger partial charge >= 0.3 is 0 Å². The summed E-state index contributed by atoms with van der Waals surface area (Å²) >= 11 is 15.8. The smallest absolute Gasteiger partial charge is 0.0626 e. The van der Waals surface area contributed by atoms with Crippen molar-refractivity contribution < 1.29 is 0 Å². The summed E-state index contributed by atoms with van der Waals surface area (Å²) in [7, 11) is 0. The van der Waals surface area contributed by atoms with Gasteiger partial charge in [-0.3, -0.25) is 0 Å². The molecule has 0 saturated heterocycles. The molecule has 88 valence electrons. The number of hydrogen-bond acceptors (Lipinski definition) is 0. The van der Waals surface area contributed by atoms with Gasteiger partial charge in [0.2, 0.25) is 0 Å². The number of alkyl halides is 1. The van der Waals surface area contributed by atoms with Crippen molar-refractivity contribution >= 4 is 39.1 Å². The van der Waals surface area contributed by atoms with E-state index in [2.05, 4.69) is 28.1 Å². The molecule has 0 aliphatic carbocycles. The highest BCUT2D eigenvalue weighted by Gasteiger charge is 2.10. The summed E-state index contributed by atoms with van der Waals surface area (Å²) in [4.78, 5) is 0. The first-order chi connectivity index (χ1) is 8.16. The van der Waals surface area contributed by atoms with Crippen LogP contribution in [0, 0.1) is 0 Å². The van der Waals surface area contributed by atoms with Crippen LogP contribution in [0.5, 0.6) is 0 Å². The fraction of sp³-hybridized carbons (Fsp3) is 0.143. The van der Waals surface area contributed by atoms with Crippen LogP contribution in [0.15, 0.2) is 53.0 Å². The zero-order valence-electron chi connectivity index (χ0n) is 9.04. The number of halogens is 3. The second kappa shape index (κ2) is 5.90. The minimum Gasteiger partial charge on any atom is -0.117 e. The molecule has 2 aromatic rings. The normalized spacial score (nSPS) is 12.4. The van der Waals surface area contributed by atoms with E-state index >= 15 is 0 Å². The zero-order valence-corrected chi connectivity index (χ0v) is 12.1. The first-order valence-corrected chi connectivity index (χ1v) is 6.90. The predicted molar refractivity (Wildman–Crippen MR) is 77.9 cm³/mol. The van der Waals surface area contributed by atoms with Crippen molar-refractivity contribution in [3.8, 4) is 0 Å². The molecule has 0 heterocycles. The van der Waals surface area contributed by atoms with Gasteiger partial charge in [0.15, 0.2) is 0 Å². The van der Waals surface area contributed by atoms with Crippen molar-refractivity contribution in [2.24, 2.45) is 0 Å². The van der Waals surface area contributed by atoms with E-state index in [1.54, 1.807) is 0 Å². The molecule has 0 bridgehead atoms. The SMILES string of the molecule is Clc1cc(C(Cl)Cc2ccccc2)ccc1Br. The zero-order chi connectivity index (χ0) is 12.3. The van der Waals surface area contributed by atoms with E-state index in [1.807, 2.05) is 36.4 Å². The highest BCUT2D eigenvalue weighted by atomic mass is 79.9. The number of benzene rings is 2. The van der Waals surface area contributed by atoms with Crippen LogP contribution in [-0.4, -0.2) is 0 Å². The Bertz CT molecular complexity index is 497. The van der Waals surface area contributed by atoms with Crippen molar-refractivity contribution in [3.63, 3.8) is 0 Å². The molecular weight excluding hydrogens is 319 g/mol. The molecule has 0 fully saturated rings. The van der Waals surface area contributed by atoms with E-state index in [0.29, 0.717) is 5.02 Å². The van der Waals surface area contributed by atoms with Crippen LogP contribution in [0.4, 0.5) is 0 Å². The average molecular weight is 330 g/mol. The first kappa shape index (κ1) is 12.9. The molecule has 2 rings (SSSR count). The molecule has 0 amide bonds. The summed E-state index contributed by atoms with van der Waals surface area (Å²) in [5.74, 6) is 0. The highest BCUT2D eigenvalue weighted by Crippen LogP contribution is 2.30. The fourth-order valence-electron chi connectivity index (χ4n) is 1.65. The van der Waals surface area contributed by atoms with E-state index in [4.69, 9.17) is 23.2 Å². The van der Waals surface area contributed by atoms with Gasteiger partial charge in [-0.2, -0.15) is 0 Å². The third-order valence-electron chi connectivity index (χ3n) is 2.56. The molecule has 1 unspecified atom stereocenters. The predicted octanol–water partition coefficient (Wildman–Crippen LogP) is 5.63. The van der Waals surface area contributed by atoms with Crippen molar-refractivity contribution in [3.05, 3.63) is 69.2 Å². The quantitative estimate of drug-likeness (QED) is 0.640. The fourth-order valence-corrected chi connectivity index (χ4v) is 2.40. The van der Waals surface area contributed by atoms with Gasteiger partial charge in [0, 0.05) is 4.47 Å². The molecule has 0 aliphatic heterocycles. The van der Waals surface area contributed by atoms with Crippen molar-refractivity contribution in [1.29, 1.82) is 0 Å². The molecule has 0 spiro atoms. The average Bonchev–Trinajstić information content (AvgIpc) is 2.34. The lowest BCUT2D eigenvalue weighted by Gasteiger charge is -2.11. The molecular formula is C14H11BrCl2. The van der Waals surface area contributed by atoms with E-state index in [0.717, 1.165) is 16.5 Å². The van der Waals surface area contributed by atoms with Crippen LogP contribution in [0.3, 0.4) is 0 Å². The van der Waals surface area contributed by atoms with Gasteiger partial charge in [-0.25, -0.2) is 0 Å². The van der Waals surface area contributed by atoms with Crippen LogP contribution in [0.25, 0.3) is 0 Å². The van der Waals surface area contributed by atoms with E-state index in [9.17, 15) is 0 Å². The lowest BCUT2D eigenvalue weighted by molar-refractivity contribution is 0.919. The molecule has 0 nitrogen and oxygen atoms in total. The third kappa shape index (κ3) is 3.48. The van der Waals surface area contributed by atoms with Gasteiger partial charge in [-0.15, -0.1) is 11.6 Å². The lowest BCUT2D eigenvalue weighted by Crippen LogP contribution is -1.95. The molecule has 17 heavy (non-hydrogen) atoms. The minimum absolute atomic E-state index is 0.0528. The van der Waals surface area contributed by atoms with Gasteiger partial charge < -0.3 is 0 Å². The number of hydrogen-bond donors (Lipinski definition) is 0. The summed E-state index contributed by atoms with van der Waals surface area (Å²) < 4.78 is 0.895. The standard InChI is InChI=1S/C14H11BrCl2/c15-12-7-6-11(9-14(12)17)13(16)8-10-4-2-1-3-5-10/h1-7,9,13H,8H2. The largest absolute Gasteiger partial charge is 0.117 e. The Morgan fingerprint density at radius 3 is 2.41 bits per heavy atom. The van der Waals surface area contributed by atoms with Gasteiger partial charge in [-0.1, -0.05) is 48.0 Å². The molecule has 0 aromatic heterocycles. The van der Waals surface area contributed by atoms with E-state index < -0.39 is 0 Å². The molecule has 0 N–H and O–H groups in total. The summed E-state index contributed by atoms with van der Waals surface area (Å²) in [6.45, 7) is 0. The van der Waals surface area contributed by atoms with E-state index in [-0.39, 0.29) is 5.38 Å². The van der Waals surface area contributed by atoms with Gasteiger partial charge in [0.25, 0.3) is 0 Å². The summed E-state index contributed by atoms with van der Waals surface area (Å²) in [5, 5.41) is 0.643. The minimum atomic E-state index is -0.0528. The van der Waals surface area contributed by atoms with Crippen LogP contribution in [0.2, 0.25) is 5.02 Å². The second-order valence-electron chi connectivity index (χ2n) is 3.83. The van der Waals surface area contributed by atoms with Crippen molar-refractivity contribution in [2.45, 2.75) is 11.8 Å². The first-order valence-electron chi connectivity index (χ1n) is 5.30. The molecule has 2 aromatic carbocycles. The summed E-state index contributed by atoms with van der Waals surface area (Å²) in [6.07, 6.45) is 0.806. The molecule has 0 saturated carbocycles. The van der Waals surface area contributed by atoms with E-state index in [1.165, 1.54) is 5.56 Å². The Balaban J connectivity index is 2.14. The lowest BCUT2D eigenvalue weighted by atomic mass is 10.0. The second-order valence-corrected chi connectivity index (χ2v) is 5.62. The maximum absolute atomic E-state index is 6.39. The van der Waals surface area contributed by atoms with Crippen molar-refractivity contribution in [1.82, 2.24) is 0 Å². The molecule has 3 heteroatoms. The third-order valence-corrected chi connectivity index (χ3v) is 4.20. The molecule has 0 radical (unpaired) electrons. The Kier molecular flexibility index (Phi) is 4.49. The molecule has 0 aliphatic rings. The summed E-state index contributed by atoms with van der Waals surface area (Å²) in [6, 6.07) is 16.0. The van der Waals surface area contributed by atoms with Crippen LogP contribution < -0.4 is 0 Å². The van der Waals surface area contributed by atoms with Gasteiger partial charge in [0.1, 0.15) is 0 Å². The Morgan fingerprint density at radius 1 is 1.06 bits per heavy atom. The van der Waals surface area contributed by atoms with Crippen LogP contribution in [0.1, 0.15) is 16.5 Å². The van der Waals surface area contributed by atoms with Crippen molar-refractivity contribution in [2.75, 3.05) is 0 Å². The Hall–Kier alpha value is -0.500. The molecule has 1 atom stereocenters. The Morgan fingerprint density at radius 2 is 1.76 bits per heavy atom. The van der Waals surface area contributed by atoms with Gasteiger partial charge in [0.05, 0.1) is 10.4 Å².